The van der Waals surface area contributed by atoms with Crippen LogP contribution in [0.25, 0.3) is 0 Å². The standard InChI is InChI=1S/C13H18N2O2/c1-4-15(8-9(2)3)13(16)11-7-12(17-14-11)10-5-6-10/h7,10H,2,4-6,8H2,1,3H3. The molecule has 4 nitrogen and oxygen atoms in total. The molecular formula is C13H18N2O2. The van der Waals surface area contributed by atoms with E-state index in [0.717, 1.165) is 24.2 Å². The van der Waals surface area contributed by atoms with Crippen molar-refractivity contribution in [1.82, 2.24) is 10.1 Å². The van der Waals surface area contributed by atoms with Crippen LogP contribution in [0.1, 0.15) is 48.9 Å². The minimum atomic E-state index is -0.0776. The van der Waals surface area contributed by atoms with E-state index in [4.69, 9.17) is 4.52 Å². The van der Waals surface area contributed by atoms with Gasteiger partial charge in [-0.05, 0) is 26.7 Å². The number of aromatic nitrogens is 1. The lowest BCUT2D eigenvalue weighted by Crippen LogP contribution is -2.32. The summed E-state index contributed by atoms with van der Waals surface area (Å²) in [6, 6.07) is 1.78. The second-order valence-corrected chi connectivity index (χ2v) is 4.67. The summed E-state index contributed by atoms with van der Waals surface area (Å²) < 4.78 is 5.19. The van der Waals surface area contributed by atoms with Gasteiger partial charge in [-0.25, -0.2) is 0 Å². The summed E-state index contributed by atoms with van der Waals surface area (Å²) in [6.07, 6.45) is 2.29. The van der Waals surface area contributed by atoms with Gasteiger partial charge in [0, 0.05) is 25.1 Å². The monoisotopic (exact) mass is 234 g/mol. The summed E-state index contributed by atoms with van der Waals surface area (Å²) in [7, 11) is 0. The Kier molecular flexibility index (Phi) is 3.31. The van der Waals surface area contributed by atoms with Crippen molar-refractivity contribution in [3.8, 4) is 0 Å². The van der Waals surface area contributed by atoms with E-state index in [0.29, 0.717) is 24.7 Å². The largest absolute Gasteiger partial charge is 0.360 e. The van der Waals surface area contributed by atoms with Crippen LogP contribution in [0.5, 0.6) is 0 Å². The zero-order valence-electron chi connectivity index (χ0n) is 10.4. The Balaban J connectivity index is 2.07. The smallest absolute Gasteiger partial charge is 0.276 e. The second-order valence-electron chi connectivity index (χ2n) is 4.67. The van der Waals surface area contributed by atoms with Crippen LogP contribution in [0.3, 0.4) is 0 Å². The first-order chi connectivity index (χ1) is 8.11. The van der Waals surface area contributed by atoms with Crippen molar-refractivity contribution >= 4 is 5.91 Å². The summed E-state index contributed by atoms with van der Waals surface area (Å²) in [5.41, 5.74) is 1.38. The van der Waals surface area contributed by atoms with E-state index >= 15 is 0 Å². The molecule has 1 aromatic rings. The molecule has 2 rings (SSSR count). The predicted octanol–water partition coefficient (Wildman–Crippen LogP) is 2.59. The van der Waals surface area contributed by atoms with Gasteiger partial charge in [0.15, 0.2) is 5.69 Å². The molecule has 1 heterocycles. The summed E-state index contributed by atoms with van der Waals surface area (Å²) >= 11 is 0. The molecule has 0 aliphatic heterocycles. The van der Waals surface area contributed by atoms with E-state index in [1.807, 2.05) is 13.8 Å². The molecule has 1 saturated carbocycles. The van der Waals surface area contributed by atoms with Crippen molar-refractivity contribution in [2.45, 2.75) is 32.6 Å². The molecule has 0 radical (unpaired) electrons. The molecule has 1 fully saturated rings. The minimum Gasteiger partial charge on any atom is -0.360 e. The first-order valence-corrected chi connectivity index (χ1v) is 6.02. The number of carbonyl (C=O) groups excluding carboxylic acids is 1. The number of carbonyl (C=O) groups is 1. The zero-order chi connectivity index (χ0) is 12.4. The number of hydrogen-bond donors (Lipinski definition) is 0. The van der Waals surface area contributed by atoms with Gasteiger partial charge in [-0.2, -0.15) is 0 Å². The highest BCUT2D eigenvalue weighted by Crippen LogP contribution is 2.40. The molecular weight excluding hydrogens is 216 g/mol. The first kappa shape index (κ1) is 11.9. The van der Waals surface area contributed by atoms with E-state index in [-0.39, 0.29) is 5.91 Å². The topological polar surface area (TPSA) is 46.3 Å². The number of amides is 1. The highest BCUT2D eigenvalue weighted by atomic mass is 16.5. The number of nitrogens with zero attached hydrogens (tertiary/aromatic N) is 2. The van der Waals surface area contributed by atoms with Gasteiger partial charge in [0.25, 0.3) is 5.91 Å². The van der Waals surface area contributed by atoms with E-state index < -0.39 is 0 Å². The Labute approximate surface area is 101 Å². The van der Waals surface area contributed by atoms with Crippen molar-refractivity contribution < 1.29 is 9.32 Å². The van der Waals surface area contributed by atoms with E-state index in [9.17, 15) is 4.79 Å². The molecule has 0 spiro atoms. The van der Waals surface area contributed by atoms with Crippen LogP contribution in [-0.2, 0) is 0 Å². The van der Waals surface area contributed by atoms with Crippen LogP contribution < -0.4 is 0 Å². The molecule has 1 aliphatic carbocycles. The van der Waals surface area contributed by atoms with Crippen LogP contribution in [-0.4, -0.2) is 29.1 Å². The molecule has 0 saturated heterocycles. The summed E-state index contributed by atoms with van der Waals surface area (Å²) in [6.45, 7) is 8.90. The van der Waals surface area contributed by atoms with Crippen LogP contribution >= 0.6 is 0 Å². The maximum atomic E-state index is 12.1. The van der Waals surface area contributed by atoms with Crippen molar-refractivity contribution in [3.63, 3.8) is 0 Å². The Hall–Kier alpha value is -1.58. The quantitative estimate of drug-likeness (QED) is 0.736. The molecule has 0 N–H and O–H groups in total. The van der Waals surface area contributed by atoms with Gasteiger partial charge in [-0.1, -0.05) is 17.3 Å². The van der Waals surface area contributed by atoms with Gasteiger partial charge in [0.05, 0.1) is 0 Å². The lowest BCUT2D eigenvalue weighted by molar-refractivity contribution is 0.0768. The van der Waals surface area contributed by atoms with E-state index in [2.05, 4.69) is 11.7 Å². The van der Waals surface area contributed by atoms with Crippen molar-refractivity contribution in [2.75, 3.05) is 13.1 Å². The molecule has 4 heteroatoms. The number of hydrogen-bond acceptors (Lipinski definition) is 3. The van der Waals surface area contributed by atoms with E-state index in [1.54, 1.807) is 11.0 Å². The van der Waals surface area contributed by atoms with Gasteiger partial charge in [-0.3, -0.25) is 4.79 Å². The summed E-state index contributed by atoms with van der Waals surface area (Å²) in [4.78, 5) is 13.8. The molecule has 1 aromatic heterocycles. The predicted molar refractivity (Wildman–Crippen MR) is 64.9 cm³/mol. The molecule has 0 bridgehead atoms. The van der Waals surface area contributed by atoms with Crippen molar-refractivity contribution in [1.29, 1.82) is 0 Å². The van der Waals surface area contributed by atoms with Crippen LogP contribution in [0, 0.1) is 0 Å². The average Bonchev–Trinajstić information content (AvgIpc) is 3.03. The van der Waals surface area contributed by atoms with E-state index in [1.165, 1.54) is 0 Å². The first-order valence-electron chi connectivity index (χ1n) is 6.02. The third-order valence-electron chi connectivity index (χ3n) is 2.86. The Morgan fingerprint density at radius 3 is 2.88 bits per heavy atom. The Bertz CT molecular complexity index is 432. The number of likely N-dealkylation sites (N-methyl/N-ethyl adjacent to an activating group) is 1. The maximum Gasteiger partial charge on any atom is 0.276 e. The average molecular weight is 234 g/mol. The van der Waals surface area contributed by atoms with Gasteiger partial charge in [0.2, 0.25) is 0 Å². The van der Waals surface area contributed by atoms with Gasteiger partial charge in [0.1, 0.15) is 5.76 Å². The number of rotatable bonds is 5. The molecule has 0 aromatic carbocycles. The van der Waals surface area contributed by atoms with Gasteiger partial charge < -0.3 is 9.42 Å². The van der Waals surface area contributed by atoms with Crippen molar-refractivity contribution in [2.24, 2.45) is 0 Å². The normalized spacial score (nSPS) is 14.7. The minimum absolute atomic E-state index is 0.0776. The summed E-state index contributed by atoms with van der Waals surface area (Å²) in [5.74, 6) is 1.26. The second kappa shape index (κ2) is 4.73. The molecule has 92 valence electrons. The van der Waals surface area contributed by atoms with Crippen molar-refractivity contribution in [3.05, 3.63) is 29.7 Å². The highest BCUT2D eigenvalue weighted by Gasteiger charge is 2.29. The molecule has 0 unspecified atom stereocenters. The van der Waals surface area contributed by atoms with Gasteiger partial charge in [-0.15, -0.1) is 0 Å². The van der Waals surface area contributed by atoms with Crippen LogP contribution in [0.15, 0.2) is 22.7 Å². The third kappa shape index (κ3) is 2.75. The van der Waals surface area contributed by atoms with Crippen LogP contribution in [0.2, 0.25) is 0 Å². The summed E-state index contributed by atoms with van der Waals surface area (Å²) in [5, 5.41) is 3.86. The maximum absolute atomic E-state index is 12.1. The Morgan fingerprint density at radius 1 is 1.65 bits per heavy atom. The fourth-order valence-electron chi connectivity index (χ4n) is 1.77. The van der Waals surface area contributed by atoms with Crippen LogP contribution in [0.4, 0.5) is 0 Å². The Morgan fingerprint density at radius 2 is 2.35 bits per heavy atom. The lowest BCUT2D eigenvalue weighted by atomic mass is 10.2. The zero-order valence-corrected chi connectivity index (χ0v) is 10.4. The molecule has 1 amide bonds. The molecule has 1 aliphatic rings. The van der Waals surface area contributed by atoms with Gasteiger partial charge >= 0.3 is 0 Å². The molecule has 17 heavy (non-hydrogen) atoms. The fourth-order valence-corrected chi connectivity index (χ4v) is 1.77. The fraction of sp³-hybridized carbons (Fsp3) is 0.538. The molecule has 0 atom stereocenters. The SMILES string of the molecule is C=C(C)CN(CC)C(=O)c1cc(C2CC2)on1. The third-order valence-corrected chi connectivity index (χ3v) is 2.86. The lowest BCUT2D eigenvalue weighted by Gasteiger charge is -2.19. The highest BCUT2D eigenvalue weighted by molar-refractivity contribution is 5.92.